The Bertz CT molecular complexity index is 475. The standard InChI is InChI=1S/C13H22N4O2S/c1-9(2)20-8-13(18)16-5-10(3)17-11(6-16)14-15-12(17)7-19-4/h9-10H,5-8H2,1-4H3/t10-/m0/s1. The number of hydrogen-bond donors (Lipinski definition) is 0. The molecule has 1 aromatic rings. The van der Waals surface area contributed by atoms with Crippen molar-refractivity contribution in [1.29, 1.82) is 0 Å². The highest BCUT2D eigenvalue weighted by Gasteiger charge is 2.28. The van der Waals surface area contributed by atoms with Gasteiger partial charge >= 0.3 is 0 Å². The molecule has 0 unspecified atom stereocenters. The van der Waals surface area contributed by atoms with Gasteiger partial charge in [-0.05, 0) is 12.2 Å². The fourth-order valence-electron chi connectivity index (χ4n) is 2.36. The number of carbonyl (C=O) groups excluding carboxylic acids is 1. The number of carbonyl (C=O) groups is 1. The maximum absolute atomic E-state index is 12.2. The summed E-state index contributed by atoms with van der Waals surface area (Å²) in [5.74, 6) is 2.39. The lowest BCUT2D eigenvalue weighted by atomic mass is 10.2. The van der Waals surface area contributed by atoms with Crippen molar-refractivity contribution in [2.24, 2.45) is 0 Å². The van der Waals surface area contributed by atoms with Crippen LogP contribution < -0.4 is 0 Å². The molecule has 1 aliphatic heterocycles. The van der Waals surface area contributed by atoms with Crippen LogP contribution in [0.2, 0.25) is 0 Å². The lowest BCUT2D eigenvalue weighted by Crippen LogP contribution is -2.41. The molecular weight excluding hydrogens is 276 g/mol. The number of aromatic nitrogens is 3. The van der Waals surface area contributed by atoms with E-state index in [4.69, 9.17) is 4.74 Å². The molecule has 0 spiro atoms. The molecular formula is C13H22N4O2S. The van der Waals surface area contributed by atoms with E-state index in [1.807, 2.05) is 4.90 Å². The molecule has 112 valence electrons. The third-order valence-electron chi connectivity index (χ3n) is 3.26. The lowest BCUT2D eigenvalue weighted by molar-refractivity contribution is -0.130. The van der Waals surface area contributed by atoms with Gasteiger partial charge in [0.1, 0.15) is 6.61 Å². The zero-order valence-electron chi connectivity index (χ0n) is 12.5. The van der Waals surface area contributed by atoms with Crippen molar-refractivity contribution in [3.8, 4) is 0 Å². The highest BCUT2D eigenvalue weighted by atomic mass is 32.2. The molecule has 0 radical (unpaired) electrons. The molecule has 6 nitrogen and oxygen atoms in total. The van der Waals surface area contributed by atoms with E-state index >= 15 is 0 Å². The van der Waals surface area contributed by atoms with Gasteiger partial charge in [0.25, 0.3) is 0 Å². The van der Waals surface area contributed by atoms with Gasteiger partial charge in [0, 0.05) is 13.7 Å². The van der Waals surface area contributed by atoms with Crippen molar-refractivity contribution >= 4 is 17.7 Å². The van der Waals surface area contributed by atoms with Crippen molar-refractivity contribution in [2.45, 2.75) is 45.2 Å². The summed E-state index contributed by atoms with van der Waals surface area (Å²) < 4.78 is 7.22. The second-order valence-corrected chi connectivity index (χ2v) is 6.88. The van der Waals surface area contributed by atoms with Gasteiger partial charge in [-0.25, -0.2) is 0 Å². The largest absolute Gasteiger partial charge is 0.377 e. The number of thioether (sulfide) groups is 1. The van der Waals surface area contributed by atoms with Crippen molar-refractivity contribution in [2.75, 3.05) is 19.4 Å². The monoisotopic (exact) mass is 298 g/mol. The molecule has 0 saturated carbocycles. The van der Waals surface area contributed by atoms with Crippen LogP contribution in [0.4, 0.5) is 0 Å². The average molecular weight is 298 g/mol. The summed E-state index contributed by atoms with van der Waals surface area (Å²) in [6, 6.07) is 0.187. The first kappa shape index (κ1) is 15.3. The van der Waals surface area contributed by atoms with Gasteiger partial charge in [-0.2, -0.15) is 0 Å². The topological polar surface area (TPSA) is 60.3 Å². The molecule has 0 bridgehead atoms. The van der Waals surface area contributed by atoms with E-state index < -0.39 is 0 Å². The first-order valence-electron chi connectivity index (χ1n) is 6.84. The normalized spacial score (nSPS) is 18.4. The Morgan fingerprint density at radius 1 is 1.50 bits per heavy atom. The van der Waals surface area contributed by atoms with Gasteiger partial charge in [-0.3, -0.25) is 4.79 Å². The SMILES string of the molecule is COCc1nnc2n1[C@@H](C)CN(C(=O)CSC(C)C)C2. The first-order chi connectivity index (χ1) is 9.52. The van der Waals surface area contributed by atoms with Crippen LogP contribution in [0.5, 0.6) is 0 Å². The fraction of sp³-hybridized carbons (Fsp3) is 0.769. The molecule has 0 saturated heterocycles. The molecule has 0 aromatic carbocycles. The van der Waals surface area contributed by atoms with E-state index in [1.165, 1.54) is 0 Å². The molecule has 0 N–H and O–H groups in total. The molecule has 0 aliphatic carbocycles. The van der Waals surface area contributed by atoms with Crippen molar-refractivity contribution in [3.05, 3.63) is 11.6 Å². The predicted molar refractivity (Wildman–Crippen MR) is 78.5 cm³/mol. The van der Waals surface area contributed by atoms with Crippen LogP contribution >= 0.6 is 11.8 Å². The minimum atomic E-state index is 0.179. The van der Waals surface area contributed by atoms with E-state index in [0.717, 1.165) is 11.6 Å². The Balaban J connectivity index is 2.06. The second kappa shape index (κ2) is 6.58. The molecule has 1 aromatic heterocycles. The fourth-order valence-corrected chi connectivity index (χ4v) is 3.02. The first-order valence-corrected chi connectivity index (χ1v) is 7.88. The van der Waals surface area contributed by atoms with E-state index in [0.29, 0.717) is 30.7 Å². The van der Waals surface area contributed by atoms with Crippen LogP contribution in [0.25, 0.3) is 0 Å². The smallest absolute Gasteiger partial charge is 0.233 e. The van der Waals surface area contributed by atoms with Crippen molar-refractivity contribution < 1.29 is 9.53 Å². The Labute approximate surface area is 123 Å². The number of methoxy groups -OCH3 is 1. The average Bonchev–Trinajstić information content (AvgIpc) is 2.80. The maximum Gasteiger partial charge on any atom is 0.233 e. The van der Waals surface area contributed by atoms with Gasteiger partial charge in [0.15, 0.2) is 11.6 Å². The Morgan fingerprint density at radius 3 is 2.90 bits per heavy atom. The highest BCUT2D eigenvalue weighted by molar-refractivity contribution is 8.00. The third-order valence-corrected chi connectivity index (χ3v) is 4.34. The number of nitrogens with zero attached hydrogens (tertiary/aromatic N) is 4. The van der Waals surface area contributed by atoms with Crippen LogP contribution in [0.15, 0.2) is 0 Å². The van der Waals surface area contributed by atoms with E-state index in [2.05, 4.69) is 35.5 Å². The number of rotatable bonds is 5. The predicted octanol–water partition coefficient (Wildman–Crippen LogP) is 1.47. The van der Waals surface area contributed by atoms with Crippen molar-refractivity contribution in [1.82, 2.24) is 19.7 Å². The molecule has 1 amide bonds. The van der Waals surface area contributed by atoms with Gasteiger partial charge in [0.2, 0.25) is 5.91 Å². The number of amides is 1. The molecule has 20 heavy (non-hydrogen) atoms. The summed E-state index contributed by atoms with van der Waals surface area (Å²) in [6.07, 6.45) is 0. The second-order valence-electron chi connectivity index (χ2n) is 5.32. The van der Waals surface area contributed by atoms with E-state index in [-0.39, 0.29) is 11.9 Å². The zero-order valence-corrected chi connectivity index (χ0v) is 13.3. The Kier molecular flexibility index (Phi) is 5.04. The van der Waals surface area contributed by atoms with Crippen molar-refractivity contribution in [3.63, 3.8) is 0 Å². The van der Waals surface area contributed by atoms with E-state index in [1.54, 1.807) is 18.9 Å². The minimum absolute atomic E-state index is 0.179. The molecule has 2 rings (SSSR count). The molecule has 1 atom stereocenters. The Morgan fingerprint density at radius 2 is 2.25 bits per heavy atom. The van der Waals surface area contributed by atoms with Crippen LogP contribution in [-0.4, -0.2) is 50.2 Å². The van der Waals surface area contributed by atoms with Gasteiger partial charge in [0.05, 0.1) is 18.3 Å². The van der Waals surface area contributed by atoms with Gasteiger partial charge in [-0.1, -0.05) is 13.8 Å². The minimum Gasteiger partial charge on any atom is -0.377 e. The molecule has 7 heteroatoms. The Hall–Kier alpha value is -1.08. The lowest BCUT2D eigenvalue weighted by Gasteiger charge is -2.32. The number of ether oxygens (including phenoxy) is 1. The van der Waals surface area contributed by atoms with Crippen LogP contribution in [-0.2, 0) is 22.7 Å². The third kappa shape index (κ3) is 3.32. The highest BCUT2D eigenvalue weighted by Crippen LogP contribution is 2.22. The summed E-state index contributed by atoms with van der Waals surface area (Å²) in [6.45, 7) is 7.99. The summed E-state index contributed by atoms with van der Waals surface area (Å²) in [5, 5.41) is 8.81. The summed E-state index contributed by atoms with van der Waals surface area (Å²) in [4.78, 5) is 14.1. The van der Waals surface area contributed by atoms with Gasteiger partial charge < -0.3 is 14.2 Å². The molecule has 2 heterocycles. The number of hydrogen-bond acceptors (Lipinski definition) is 5. The molecule has 0 fully saturated rings. The van der Waals surface area contributed by atoms with Gasteiger partial charge in [-0.15, -0.1) is 22.0 Å². The molecule has 1 aliphatic rings. The summed E-state index contributed by atoms with van der Waals surface area (Å²) >= 11 is 1.67. The maximum atomic E-state index is 12.2. The van der Waals surface area contributed by atoms with E-state index in [9.17, 15) is 4.79 Å². The number of fused-ring (bicyclic) bond motifs is 1. The quantitative estimate of drug-likeness (QED) is 0.824. The zero-order chi connectivity index (χ0) is 14.7. The van der Waals surface area contributed by atoms with Crippen LogP contribution in [0.3, 0.4) is 0 Å². The summed E-state index contributed by atoms with van der Waals surface area (Å²) in [7, 11) is 1.65. The summed E-state index contributed by atoms with van der Waals surface area (Å²) in [5.41, 5.74) is 0. The van der Waals surface area contributed by atoms with Crippen LogP contribution in [0.1, 0.15) is 38.5 Å². The van der Waals surface area contributed by atoms with Crippen LogP contribution in [0, 0.1) is 0 Å².